The number of hydrogen-bond acceptors (Lipinski definition) is 4. The van der Waals surface area contributed by atoms with E-state index in [9.17, 15) is 22.4 Å². The fourth-order valence-electron chi connectivity index (χ4n) is 4.69. The van der Waals surface area contributed by atoms with Crippen molar-refractivity contribution in [1.82, 2.24) is 14.9 Å². The molecule has 38 heavy (non-hydrogen) atoms. The lowest BCUT2D eigenvalue weighted by atomic mass is 9.89. The van der Waals surface area contributed by atoms with E-state index in [1.54, 1.807) is 19.1 Å². The molecule has 0 atom stereocenters. The number of carbonyl (C=O) groups is 1. The molecule has 1 N–H and O–H groups in total. The van der Waals surface area contributed by atoms with Crippen LogP contribution >= 0.6 is 0 Å². The zero-order chi connectivity index (χ0) is 27.4. The molecule has 1 aliphatic heterocycles. The first kappa shape index (κ1) is 27.0. The molecule has 1 aliphatic rings. The number of aryl methyl sites for hydroxylation is 1. The van der Waals surface area contributed by atoms with Gasteiger partial charge in [-0.1, -0.05) is 37.4 Å². The van der Waals surface area contributed by atoms with Crippen molar-refractivity contribution >= 4 is 23.6 Å². The van der Waals surface area contributed by atoms with Crippen molar-refractivity contribution in [2.45, 2.75) is 38.6 Å². The van der Waals surface area contributed by atoms with E-state index in [0.717, 1.165) is 42.7 Å². The molecule has 1 fully saturated rings. The summed E-state index contributed by atoms with van der Waals surface area (Å²) >= 11 is 0. The molecular weight excluding hydrogens is 500 g/mol. The first-order valence-corrected chi connectivity index (χ1v) is 12.1. The molecule has 200 valence electrons. The normalized spacial score (nSPS) is 14.3. The van der Waals surface area contributed by atoms with Gasteiger partial charge in [0.15, 0.2) is 11.7 Å². The Morgan fingerprint density at radius 2 is 1.76 bits per heavy atom. The monoisotopic (exact) mass is 528 g/mol. The molecule has 1 amide bonds. The summed E-state index contributed by atoms with van der Waals surface area (Å²) in [6, 6.07) is 14.0. The Morgan fingerprint density at radius 3 is 2.32 bits per heavy atom. The smallest absolute Gasteiger partial charge is 0.406 e. The van der Waals surface area contributed by atoms with Gasteiger partial charge in [-0.25, -0.2) is 9.37 Å². The van der Waals surface area contributed by atoms with E-state index in [0.29, 0.717) is 5.69 Å². The van der Waals surface area contributed by atoms with Crippen molar-refractivity contribution in [3.63, 3.8) is 0 Å². The Balaban J connectivity index is 1.31. The molecular formula is C28H28F4N4O2. The Morgan fingerprint density at radius 1 is 1.13 bits per heavy atom. The Labute approximate surface area is 218 Å². The van der Waals surface area contributed by atoms with Gasteiger partial charge in [0.2, 0.25) is 0 Å². The van der Waals surface area contributed by atoms with Gasteiger partial charge in [-0.15, -0.1) is 13.2 Å². The highest BCUT2D eigenvalue weighted by Gasteiger charge is 2.31. The highest BCUT2D eigenvalue weighted by Crippen LogP contribution is 2.32. The van der Waals surface area contributed by atoms with Crippen molar-refractivity contribution in [3.05, 3.63) is 90.0 Å². The number of carbonyl (C=O) groups excluding carboxylic acids is 1. The highest BCUT2D eigenvalue weighted by atomic mass is 19.4. The van der Waals surface area contributed by atoms with Crippen LogP contribution in [0.15, 0.2) is 61.7 Å². The Hall–Kier alpha value is -4.08. The molecule has 0 bridgehead atoms. The van der Waals surface area contributed by atoms with Crippen LogP contribution in [0.4, 0.5) is 23.2 Å². The standard InChI is InChI=1S/C28H28F4N4O2/c1-4-36-25(19(3)34-26(36)18(2)29)27(37)33-17-20-5-9-23(10-6-20)35-15-13-22(14-16-35)21-7-11-24(12-8-21)38-28(30,31)32/h4-12,22H,1-2,13-17H2,3H3,(H,33,37). The van der Waals surface area contributed by atoms with Gasteiger partial charge in [-0.05, 0) is 61.1 Å². The second kappa shape index (κ2) is 11.1. The van der Waals surface area contributed by atoms with Crippen molar-refractivity contribution in [1.29, 1.82) is 0 Å². The van der Waals surface area contributed by atoms with Crippen LogP contribution in [-0.4, -0.2) is 34.9 Å². The molecule has 2 heterocycles. The van der Waals surface area contributed by atoms with Crippen LogP contribution in [0.2, 0.25) is 0 Å². The molecule has 0 aliphatic carbocycles. The lowest BCUT2D eigenvalue weighted by Gasteiger charge is -2.34. The molecule has 1 aromatic heterocycles. The summed E-state index contributed by atoms with van der Waals surface area (Å²) in [5, 5.41) is 2.84. The number of alkyl halides is 3. The van der Waals surface area contributed by atoms with E-state index in [1.807, 2.05) is 24.3 Å². The van der Waals surface area contributed by atoms with E-state index in [4.69, 9.17) is 0 Å². The highest BCUT2D eigenvalue weighted by molar-refractivity contribution is 5.95. The largest absolute Gasteiger partial charge is 0.573 e. The third-order valence-corrected chi connectivity index (χ3v) is 6.56. The molecule has 0 saturated carbocycles. The number of ether oxygens (including phenoxy) is 1. The molecule has 2 aromatic carbocycles. The summed E-state index contributed by atoms with van der Waals surface area (Å²) in [5.41, 5.74) is 3.53. The summed E-state index contributed by atoms with van der Waals surface area (Å²) in [6.07, 6.45) is -1.62. The number of benzene rings is 2. The third-order valence-electron chi connectivity index (χ3n) is 6.56. The quantitative estimate of drug-likeness (QED) is 0.342. The van der Waals surface area contributed by atoms with Crippen LogP contribution in [0.1, 0.15) is 51.9 Å². The van der Waals surface area contributed by atoms with E-state index < -0.39 is 18.1 Å². The fourth-order valence-corrected chi connectivity index (χ4v) is 4.69. The predicted octanol–water partition coefficient (Wildman–Crippen LogP) is 6.44. The first-order chi connectivity index (χ1) is 18.1. The second-order valence-corrected chi connectivity index (χ2v) is 9.05. The van der Waals surface area contributed by atoms with Crippen LogP contribution in [-0.2, 0) is 6.54 Å². The molecule has 0 unspecified atom stereocenters. The lowest BCUT2D eigenvalue weighted by Crippen LogP contribution is -2.32. The maximum absolute atomic E-state index is 13.7. The van der Waals surface area contributed by atoms with Gasteiger partial charge in [0, 0.05) is 31.5 Å². The van der Waals surface area contributed by atoms with Gasteiger partial charge < -0.3 is 15.0 Å². The van der Waals surface area contributed by atoms with Gasteiger partial charge in [0.05, 0.1) is 5.69 Å². The number of imidazole rings is 1. The molecule has 10 heteroatoms. The van der Waals surface area contributed by atoms with Crippen molar-refractivity contribution in [2.24, 2.45) is 0 Å². The van der Waals surface area contributed by atoms with Gasteiger partial charge in [0.25, 0.3) is 5.91 Å². The minimum absolute atomic E-state index is 0.0525. The van der Waals surface area contributed by atoms with Gasteiger partial charge in [-0.2, -0.15) is 0 Å². The zero-order valence-electron chi connectivity index (χ0n) is 20.9. The van der Waals surface area contributed by atoms with E-state index >= 15 is 0 Å². The maximum Gasteiger partial charge on any atom is 0.573 e. The summed E-state index contributed by atoms with van der Waals surface area (Å²) in [7, 11) is 0. The second-order valence-electron chi connectivity index (χ2n) is 9.05. The molecule has 6 nitrogen and oxygen atoms in total. The summed E-state index contributed by atoms with van der Waals surface area (Å²) in [4.78, 5) is 19.1. The van der Waals surface area contributed by atoms with Crippen molar-refractivity contribution in [2.75, 3.05) is 18.0 Å². The number of nitrogens with zero attached hydrogens (tertiary/aromatic N) is 3. The van der Waals surface area contributed by atoms with Crippen LogP contribution < -0.4 is 15.0 Å². The Bertz CT molecular complexity index is 1310. The molecule has 1 saturated heterocycles. The number of halogens is 4. The number of aromatic nitrogens is 2. The maximum atomic E-state index is 13.7. The average molecular weight is 529 g/mol. The van der Waals surface area contributed by atoms with E-state index in [-0.39, 0.29) is 29.7 Å². The Kier molecular flexibility index (Phi) is 7.89. The minimum atomic E-state index is -4.70. The summed E-state index contributed by atoms with van der Waals surface area (Å²) < 4.78 is 56.0. The van der Waals surface area contributed by atoms with Crippen molar-refractivity contribution in [3.8, 4) is 5.75 Å². The first-order valence-electron chi connectivity index (χ1n) is 12.1. The topological polar surface area (TPSA) is 59.4 Å². The number of piperidine rings is 1. The summed E-state index contributed by atoms with van der Waals surface area (Å²) in [6.45, 7) is 10.4. The summed E-state index contributed by atoms with van der Waals surface area (Å²) in [5.74, 6) is -1.15. The lowest BCUT2D eigenvalue weighted by molar-refractivity contribution is -0.274. The number of hydrogen-bond donors (Lipinski definition) is 1. The molecule has 4 rings (SSSR count). The number of nitrogens with one attached hydrogen (secondary N) is 1. The van der Waals surface area contributed by atoms with E-state index in [2.05, 4.69) is 33.1 Å². The molecule has 0 spiro atoms. The van der Waals surface area contributed by atoms with Gasteiger partial charge in [0.1, 0.15) is 11.4 Å². The molecule has 3 aromatic rings. The van der Waals surface area contributed by atoms with E-state index in [1.165, 1.54) is 22.9 Å². The van der Waals surface area contributed by atoms with Crippen LogP contribution in [0, 0.1) is 6.92 Å². The fraction of sp³-hybridized carbons (Fsp3) is 0.286. The average Bonchev–Trinajstić information content (AvgIpc) is 3.24. The third kappa shape index (κ3) is 6.24. The SMILES string of the molecule is C=Cn1c(C(=C)F)nc(C)c1C(=O)NCc1ccc(N2CCC(c3ccc(OC(F)(F)F)cc3)CC2)cc1. The van der Waals surface area contributed by atoms with Crippen LogP contribution in [0.25, 0.3) is 12.0 Å². The van der Waals surface area contributed by atoms with Gasteiger partial charge >= 0.3 is 6.36 Å². The van der Waals surface area contributed by atoms with Crippen molar-refractivity contribution < 1.29 is 27.1 Å². The predicted molar refractivity (Wildman–Crippen MR) is 138 cm³/mol. The minimum Gasteiger partial charge on any atom is -0.406 e. The van der Waals surface area contributed by atoms with Crippen LogP contribution in [0.5, 0.6) is 5.75 Å². The number of anilines is 1. The molecule has 0 radical (unpaired) electrons. The number of amides is 1. The zero-order valence-corrected chi connectivity index (χ0v) is 20.9. The van der Waals surface area contributed by atoms with Crippen LogP contribution in [0.3, 0.4) is 0 Å². The van der Waals surface area contributed by atoms with Gasteiger partial charge in [-0.3, -0.25) is 9.36 Å². The number of rotatable bonds is 8.